The van der Waals surface area contributed by atoms with Gasteiger partial charge in [0.15, 0.2) is 5.78 Å². The van der Waals surface area contributed by atoms with Gasteiger partial charge in [0, 0.05) is 23.1 Å². The Labute approximate surface area is 251 Å². The summed E-state index contributed by atoms with van der Waals surface area (Å²) in [5, 5.41) is 13.2. The van der Waals surface area contributed by atoms with Gasteiger partial charge in [-0.1, -0.05) is 48.5 Å². The molecule has 44 heavy (non-hydrogen) atoms. The molecule has 1 atom stereocenters. The van der Waals surface area contributed by atoms with Crippen LogP contribution in [0.1, 0.15) is 33.3 Å². The summed E-state index contributed by atoms with van der Waals surface area (Å²) >= 11 is 0. The van der Waals surface area contributed by atoms with Crippen molar-refractivity contribution in [2.75, 3.05) is 10.0 Å². The lowest BCUT2D eigenvalue weighted by molar-refractivity contribution is -0.141. The van der Waals surface area contributed by atoms with E-state index >= 15 is 0 Å². The van der Waals surface area contributed by atoms with E-state index in [-0.39, 0.29) is 22.1 Å². The molecule has 12 heteroatoms. The Morgan fingerprint density at radius 3 is 2.27 bits per heavy atom. The highest BCUT2D eigenvalue weighted by molar-refractivity contribution is 7.92. The van der Waals surface area contributed by atoms with Crippen LogP contribution in [-0.4, -0.2) is 29.3 Å². The molecule has 0 aliphatic carbocycles. The molecule has 0 spiro atoms. The van der Waals surface area contributed by atoms with Gasteiger partial charge < -0.3 is 10.4 Å². The van der Waals surface area contributed by atoms with E-state index in [1.54, 1.807) is 67.6 Å². The van der Waals surface area contributed by atoms with Gasteiger partial charge >= 0.3 is 6.18 Å². The Hall–Kier alpha value is -5.07. The summed E-state index contributed by atoms with van der Waals surface area (Å²) in [6.45, 7) is 1.79. The Kier molecular flexibility index (Phi) is 8.47. The molecule has 224 valence electrons. The number of Topliss-reactive ketones (excluding diaryl/α,β-unsaturated/α-hetero) is 1. The molecule has 4 aromatic carbocycles. The third kappa shape index (κ3) is 7.10. The van der Waals surface area contributed by atoms with Gasteiger partial charge in [-0.2, -0.15) is 13.2 Å². The summed E-state index contributed by atoms with van der Waals surface area (Å²) in [4.78, 5) is 20.1. The molecule has 1 heterocycles. The van der Waals surface area contributed by atoms with Gasteiger partial charge in [-0.3, -0.25) is 9.52 Å². The number of aryl methyl sites for hydroxylation is 1. The van der Waals surface area contributed by atoms with Crippen molar-refractivity contribution in [3.63, 3.8) is 0 Å². The smallest absolute Gasteiger partial charge is 0.380 e. The van der Waals surface area contributed by atoms with Gasteiger partial charge in [0.05, 0.1) is 4.90 Å². The number of benzene rings is 4. The minimum absolute atomic E-state index is 0.0353. The fourth-order valence-electron chi connectivity index (χ4n) is 4.43. The van der Waals surface area contributed by atoms with Gasteiger partial charge in [-0.25, -0.2) is 18.4 Å². The molecule has 0 saturated heterocycles. The third-order valence-electron chi connectivity index (χ3n) is 6.54. The van der Waals surface area contributed by atoms with Crippen molar-refractivity contribution in [1.29, 1.82) is 0 Å². The lowest BCUT2D eigenvalue weighted by Gasteiger charge is -2.13. The number of alkyl halides is 3. The highest BCUT2D eigenvalue weighted by Crippen LogP contribution is 2.31. The number of carbonyl (C=O) groups excluding carboxylic acids is 1. The molecule has 0 aliphatic heterocycles. The first-order valence-corrected chi connectivity index (χ1v) is 14.7. The Morgan fingerprint density at radius 1 is 0.841 bits per heavy atom. The van der Waals surface area contributed by atoms with Crippen LogP contribution in [0.15, 0.2) is 114 Å². The second kappa shape index (κ2) is 12.3. The molecule has 1 unspecified atom stereocenters. The van der Waals surface area contributed by atoms with Crippen molar-refractivity contribution in [2.24, 2.45) is 0 Å². The van der Waals surface area contributed by atoms with Gasteiger partial charge in [0.25, 0.3) is 10.0 Å². The number of aliphatic hydroxyl groups is 1. The molecule has 0 bridgehead atoms. The van der Waals surface area contributed by atoms with Gasteiger partial charge in [-0.15, -0.1) is 0 Å². The maximum Gasteiger partial charge on any atom is 0.433 e. The first-order valence-electron chi connectivity index (χ1n) is 13.2. The number of ketones is 1. The number of halogens is 3. The summed E-state index contributed by atoms with van der Waals surface area (Å²) in [7, 11) is -4.05. The quantitative estimate of drug-likeness (QED) is 0.153. The average Bonchev–Trinajstić information content (AvgIpc) is 3.00. The van der Waals surface area contributed by atoms with Crippen LogP contribution in [0.4, 0.5) is 30.5 Å². The molecular weight excluding hydrogens is 593 g/mol. The van der Waals surface area contributed by atoms with E-state index in [2.05, 4.69) is 20.0 Å². The molecule has 0 saturated carbocycles. The van der Waals surface area contributed by atoms with Crippen molar-refractivity contribution >= 4 is 33.1 Å². The third-order valence-corrected chi connectivity index (χ3v) is 7.92. The fourth-order valence-corrected chi connectivity index (χ4v) is 5.54. The maximum absolute atomic E-state index is 13.2. The monoisotopic (exact) mass is 618 g/mol. The predicted molar refractivity (Wildman–Crippen MR) is 160 cm³/mol. The molecule has 8 nitrogen and oxygen atoms in total. The Balaban J connectivity index is 1.34. The van der Waals surface area contributed by atoms with E-state index in [4.69, 9.17) is 0 Å². The minimum atomic E-state index is -4.62. The van der Waals surface area contributed by atoms with Gasteiger partial charge in [0.1, 0.15) is 11.8 Å². The fraction of sp³-hybridized carbons (Fsp3) is 0.0938. The van der Waals surface area contributed by atoms with Crippen molar-refractivity contribution in [3.05, 3.63) is 132 Å². The number of aliphatic hydroxyl groups excluding tert-OH is 1. The van der Waals surface area contributed by atoms with Crippen LogP contribution in [0, 0.1) is 6.92 Å². The normalized spacial score (nSPS) is 12.4. The lowest BCUT2D eigenvalue weighted by Crippen LogP contribution is -2.14. The largest absolute Gasteiger partial charge is 0.433 e. The van der Waals surface area contributed by atoms with E-state index in [1.807, 2.05) is 0 Å². The van der Waals surface area contributed by atoms with Crippen molar-refractivity contribution < 1.29 is 31.5 Å². The predicted octanol–water partition coefficient (Wildman–Crippen LogP) is 6.93. The minimum Gasteiger partial charge on any atom is -0.380 e. The van der Waals surface area contributed by atoms with Crippen LogP contribution in [0.25, 0.3) is 11.1 Å². The topological polar surface area (TPSA) is 121 Å². The Morgan fingerprint density at radius 2 is 1.57 bits per heavy atom. The highest BCUT2D eigenvalue weighted by Gasteiger charge is 2.32. The standard InChI is InChI=1S/C32H25F3N4O4S/c1-20-16-24(18-26(17-20)37-31-36-15-14-28(38-31)32(33,34)35)23-8-5-9-27(19-23)44(42,43)39-25-12-10-22(11-13-25)30(41)29(40)21-6-3-2-4-7-21/h2-19,29,39-40H,1H3,(H,36,37,38). The number of aromatic nitrogens is 2. The van der Waals surface area contributed by atoms with Crippen LogP contribution >= 0.6 is 0 Å². The number of anilines is 3. The van der Waals surface area contributed by atoms with E-state index in [9.17, 15) is 31.5 Å². The van der Waals surface area contributed by atoms with Crippen LogP contribution in [0.2, 0.25) is 0 Å². The summed E-state index contributed by atoms with van der Waals surface area (Å²) in [5.41, 5.74) is 2.11. The van der Waals surface area contributed by atoms with Crippen molar-refractivity contribution in [3.8, 4) is 11.1 Å². The van der Waals surface area contributed by atoms with E-state index in [1.165, 1.54) is 36.4 Å². The number of nitrogens with zero attached hydrogens (tertiary/aromatic N) is 2. The SMILES string of the molecule is Cc1cc(Nc2nccc(C(F)(F)F)n2)cc(-c2cccc(S(=O)(=O)Nc3ccc(C(=O)C(O)c4ccccc4)cc3)c2)c1. The molecular formula is C32H25F3N4O4S. The highest BCUT2D eigenvalue weighted by atomic mass is 32.2. The first kappa shape index (κ1) is 30.4. The van der Waals surface area contributed by atoms with E-state index < -0.39 is 33.8 Å². The van der Waals surface area contributed by atoms with Crippen LogP contribution in [-0.2, 0) is 16.2 Å². The van der Waals surface area contributed by atoms with E-state index in [0.29, 0.717) is 22.4 Å². The zero-order valence-corrected chi connectivity index (χ0v) is 23.9. The van der Waals surface area contributed by atoms with Crippen molar-refractivity contribution in [2.45, 2.75) is 24.1 Å². The van der Waals surface area contributed by atoms with Crippen LogP contribution in [0.5, 0.6) is 0 Å². The second-order valence-electron chi connectivity index (χ2n) is 9.86. The maximum atomic E-state index is 13.2. The van der Waals surface area contributed by atoms with Crippen LogP contribution in [0.3, 0.4) is 0 Å². The summed E-state index contributed by atoms with van der Waals surface area (Å²) in [6, 6.07) is 26.3. The molecule has 0 fully saturated rings. The average molecular weight is 619 g/mol. The number of rotatable bonds is 9. The zero-order chi connectivity index (χ0) is 31.5. The number of hydrogen-bond acceptors (Lipinski definition) is 7. The van der Waals surface area contributed by atoms with Gasteiger partial charge in [0.2, 0.25) is 5.95 Å². The number of sulfonamides is 1. The molecule has 0 radical (unpaired) electrons. The molecule has 1 aromatic heterocycles. The summed E-state index contributed by atoms with van der Waals surface area (Å²) in [5.74, 6) is -0.760. The number of hydrogen-bond donors (Lipinski definition) is 3. The summed E-state index contributed by atoms with van der Waals surface area (Å²) < 4.78 is 68.2. The second-order valence-corrected chi connectivity index (χ2v) is 11.5. The van der Waals surface area contributed by atoms with E-state index in [0.717, 1.165) is 17.8 Å². The number of carbonyl (C=O) groups is 1. The van der Waals surface area contributed by atoms with Crippen LogP contribution < -0.4 is 10.0 Å². The first-order chi connectivity index (χ1) is 20.9. The number of nitrogens with one attached hydrogen (secondary N) is 2. The Bertz CT molecular complexity index is 1920. The zero-order valence-electron chi connectivity index (χ0n) is 23.1. The molecule has 0 aliphatic rings. The summed E-state index contributed by atoms with van der Waals surface area (Å²) in [6.07, 6.45) is -4.96. The molecule has 5 aromatic rings. The van der Waals surface area contributed by atoms with Gasteiger partial charge in [-0.05, 0) is 83.8 Å². The lowest BCUT2D eigenvalue weighted by atomic mass is 10.00. The van der Waals surface area contributed by atoms with Crippen molar-refractivity contribution in [1.82, 2.24) is 9.97 Å². The molecule has 0 amide bonds. The molecule has 5 rings (SSSR count). The molecule has 3 N–H and O–H groups in total.